The van der Waals surface area contributed by atoms with E-state index in [4.69, 9.17) is 0 Å². The van der Waals surface area contributed by atoms with Gasteiger partial charge < -0.3 is 0 Å². The Labute approximate surface area is 79.3 Å². The van der Waals surface area contributed by atoms with Crippen molar-refractivity contribution < 1.29 is 21.6 Å². The maximum atomic E-state index is 12.6. The summed E-state index contributed by atoms with van der Waals surface area (Å²) in [4.78, 5) is -0.533. The minimum atomic E-state index is -4.62. The molecule has 0 aromatic heterocycles. The van der Waals surface area contributed by atoms with Crippen LogP contribution in [0.2, 0.25) is 0 Å². The molecule has 0 aliphatic rings. The minimum absolute atomic E-state index is 0.0229. The van der Waals surface area contributed by atoms with Gasteiger partial charge in [-0.05, 0) is 30.7 Å². The summed E-state index contributed by atoms with van der Waals surface area (Å²) in [5.74, 6) is -4.14. The molecule has 6 heteroatoms. The van der Waals surface area contributed by atoms with Crippen LogP contribution in [0.3, 0.4) is 0 Å². The van der Waals surface area contributed by atoms with Gasteiger partial charge in [0.2, 0.25) is 9.84 Å². The second-order valence-electron chi connectivity index (χ2n) is 2.72. The van der Waals surface area contributed by atoms with Crippen LogP contribution in [0.25, 0.3) is 0 Å². The van der Waals surface area contributed by atoms with Gasteiger partial charge in [0.05, 0.1) is 4.90 Å². The van der Waals surface area contributed by atoms with Gasteiger partial charge in [-0.25, -0.2) is 12.8 Å². The highest BCUT2D eigenvalue weighted by atomic mass is 32.2. The molecule has 0 heterocycles. The smallest absolute Gasteiger partial charge is 0.218 e. The third kappa shape index (κ3) is 1.89. The van der Waals surface area contributed by atoms with E-state index in [1.165, 1.54) is 6.92 Å². The lowest BCUT2D eigenvalue weighted by Crippen LogP contribution is -2.12. The number of halogens is 3. The van der Waals surface area contributed by atoms with Crippen molar-refractivity contribution in [1.82, 2.24) is 0 Å². The molecule has 1 aromatic rings. The molecule has 0 atom stereocenters. The van der Waals surface area contributed by atoms with Crippen LogP contribution >= 0.6 is 0 Å². The standard InChI is InChI=1S/C8H7F3O2S/c1-5-4-6(9)2-3-7(5)14(12,13)8(10)11/h2-4,8H,1H3. The van der Waals surface area contributed by atoms with E-state index in [1.807, 2.05) is 0 Å². The van der Waals surface area contributed by atoms with Gasteiger partial charge >= 0.3 is 5.76 Å². The van der Waals surface area contributed by atoms with Crippen molar-refractivity contribution in [3.8, 4) is 0 Å². The first-order valence-electron chi connectivity index (χ1n) is 3.64. The summed E-state index contributed by atoms with van der Waals surface area (Å²) in [5, 5.41) is 0. The predicted molar refractivity (Wildman–Crippen MR) is 44.3 cm³/mol. The van der Waals surface area contributed by atoms with Crippen molar-refractivity contribution >= 4 is 9.84 Å². The molecule has 0 bridgehead atoms. The quantitative estimate of drug-likeness (QED) is 0.721. The summed E-state index contributed by atoms with van der Waals surface area (Å²) in [5.41, 5.74) is -0.0229. The summed E-state index contributed by atoms with van der Waals surface area (Å²) < 4.78 is 58.7. The summed E-state index contributed by atoms with van der Waals surface area (Å²) in [6, 6.07) is 2.57. The topological polar surface area (TPSA) is 34.1 Å². The number of hydrogen-bond acceptors (Lipinski definition) is 2. The molecule has 0 aliphatic heterocycles. The van der Waals surface area contributed by atoms with Gasteiger partial charge in [-0.1, -0.05) is 0 Å². The molecule has 0 saturated heterocycles. The molecule has 1 aromatic carbocycles. The lowest BCUT2D eigenvalue weighted by atomic mass is 10.2. The third-order valence-electron chi connectivity index (χ3n) is 1.68. The molecule has 0 spiro atoms. The first-order chi connectivity index (χ1) is 6.35. The SMILES string of the molecule is Cc1cc(F)ccc1S(=O)(=O)C(F)F. The molecule has 78 valence electrons. The zero-order chi connectivity index (χ0) is 10.9. The van der Waals surface area contributed by atoms with E-state index in [2.05, 4.69) is 0 Å². The molecule has 0 N–H and O–H groups in total. The van der Waals surface area contributed by atoms with Crippen molar-refractivity contribution in [2.75, 3.05) is 0 Å². The summed E-state index contributed by atoms with van der Waals surface area (Å²) in [6.45, 7) is 1.26. The lowest BCUT2D eigenvalue weighted by molar-refractivity contribution is 0.234. The van der Waals surface area contributed by atoms with E-state index in [-0.39, 0.29) is 5.56 Å². The first kappa shape index (κ1) is 11.0. The normalized spacial score (nSPS) is 12.1. The van der Waals surface area contributed by atoms with Gasteiger partial charge in [-0.2, -0.15) is 8.78 Å². The first-order valence-corrected chi connectivity index (χ1v) is 5.18. The van der Waals surface area contributed by atoms with Crippen LogP contribution in [0.5, 0.6) is 0 Å². The number of rotatable bonds is 2. The fourth-order valence-electron chi connectivity index (χ4n) is 1.03. The molecule has 0 unspecified atom stereocenters. The van der Waals surface area contributed by atoms with Crippen molar-refractivity contribution in [3.05, 3.63) is 29.6 Å². The average Bonchev–Trinajstić information content (AvgIpc) is 2.02. The molecule has 14 heavy (non-hydrogen) atoms. The maximum absolute atomic E-state index is 12.6. The van der Waals surface area contributed by atoms with Gasteiger partial charge in [0.25, 0.3) is 0 Å². The van der Waals surface area contributed by atoms with Crippen LogP contribution in [-0.4, -0.2) is 14.2 Å². The minimum Gasteiger partial charge on any atom is -0.218 e. The Hall–Kier alpha value is -1.04. The van der Waals surface area contributed by atoms with Crippen LogP contribution in [0.15, 0.2) is 23.1 Å². The Morgan fingerprint density at radius 1 is 1.29 bits per heavy atom. The summed E-state index contributed by atoms with van der Waals surface area (Å²) >= 11 is 0. The van der Waals surface area contributed by atoms with E-state index in [0.717, 1.165) is 18.2 Å². The van der Waals surface area contributed by atoms with Crippen LogP contribution in [0.1, 0.15) is 5.56 Å². The molecule has 0 aliphatic carbocycles. The van der Waals surface area contributed by atoms with E-state index in [9.17, 15) is 21.6 Å². The second-order valence-corrected chi connectivity index (χ2v) is 4.60. The fraction of sp³-hybridized carbons (Fsp3) is 0.250. The molecule has 0 saturated carbocycles. The fourth-order valence-corrected chi connectivity index (χ4v) is 1.99. The van der Waals surface area contributed by atoms with E-state index >= 15 is 0 Å². The van der Waals surface area contributed by atoms with Crippen LogP contribution < -0.4 is 0 Å². The summed E-state index contributed by atoms with van der Waals surface area (Å²) in [6.07, 6.45) is 0. The van der Waals surface area contributed by atoms with E-state index in [0.29, 0.717) is 0 Å². The van der Waals surface area contributed by atoms with Crippen molar-refractivity contribution in [2.24, 2.45) is 0 Å². The van der Waals surface area contributed by atoms with Gasteiger partial charge in [0.15, 0.2) is 0 Å². The predicted octanol–water partition coefficient (Wildman–Crippen LogP) is 2.13. The molecule has 2 nitrogen and oxygen atoms in total. The van der Waals surface area contributed by atoms with Crippen LogP contribution in [0.4, 0.5) is 13.2 Å². The highest BCUT2D eigenvalue weighted by Crippen LogP contribution is 2.22. The number of benzene rings is 1. The lowest BCUT2D eigenvalue weighted by Gasteiger charge is -2.05. The number of alkyl halides is 2. The Morgan fingerprint density at radius 3 is 2.29 bits per heavy atom. The van der Waals surface area contributed by atoms with Gasteiger partial charge in [-0.3, -0.25) is 0 Å². The number of hydrogen-bond donors (Lipinski definition) is 0. The highest BCUT2D eigenvalue weighted by Gasteiger charge is 2.27. The molecular formula is C8H7F3O2S. The molecule has 0 amide bonds. The van der Waals surface area contributed by atoms with Crippen LogP contribution in [-0.2, 0) is 9.84 Å². The van der Waals surface area contributed by atoms with E-state index < -0.39 is 26.3 Å². The van der Waals surface area contributed by atoms with Gasteiger partial charge in [0.1, 0.15) is 5.82 Å². The monoisotopic (exact) mass is 224 g/mol. The van der Waals surface area contributed by atoms with Gasteiger partial charge in [-0.15, -0.1) is 0 Å². The molecule has 0 fully saturated rings. The van der Waals surface area contributed by atoms with Gasteiger partial charge in [0, 0.05) is 0 Å². The van der Waals surface area contributed by atoms with E-state index in [1.54, 1.807) is 0 Å². The van der Waals surface area contributed by atoms with Crippen molar-refractivity contribution in [3.63, 3.8) is 0 Å². The maximum Gasteiger partial charge on any atom is 0.341 e. The Bertz CT molecular complexity index is 440. The number of aryl methyl sites for hydroxylation is 1. The average molecular weight is 224 g/mol. The summed E-state index contributed by atoms with van der Waals surface area (Å²) in [7, 11) is -4.62. The van der Waals surface area contributed by atoms with Crippen molar-refractivity contribution in [2.45, 2.75) is 17.6 Å². The Morgan fingerprint density at radius 2 is 1.86 bits per heavy atom. The number of sulfone groups is 1. The highest BCUT2D eigenvalue weighted by molar-refractivity contribution is 7.91. The Balaban J connectivity index is 3.35. The van der Waals surface area contributed by atoms with Crippen LogP contribution in [0, 0.1) is 12.7 Å². The zero-order valence-electron chi connectivity index (χ0n) is 7.17. The Kier molecular flexibility index (Phi) is 2.84. The third-order valence-corrected chi connectivity index (χ3v) is 3.22. The zero-order valence-corrected chi connectivity index (χ0v) is 7.98. The second kappa shape index (κ2) is 3.61. The molecule has 1 rings (SSSR count). The van der Waals surface area contributed by atoms with Crippen molar-refractivity contribution in [1.29, 1.82) is 0 Å². The molecular weight excluding hydrogens is 217 g/mol. The largest absolute Gasteiger partial charge is 0.341 e. The molecule has 0 radical (unpaired) electrons.